The van der Waals surface area contributed by atoms with Crippen molar-refractivity contribution in [3.8, 4) is 0 Å². The molecule has 0 aromatic carbocycles. The van der Waals surface area contributed by atoms with Gasteiger partial charge in [-0.2, -0.15) is 0 Å². The molecule has 5 heteroatoms. The topological polar surface area (TPSA) is 59.0 Å². The molecule has 1 aliphatic heterocycles. The maximum Gasteiger partial charge on any atom is 0.224 e. The normalized spacial score (nSPS) is 21.4. The standard InChI is InChI=1S/C15H26N4O/c1-15(2,3)13(10-19-8-7-17-11-19)18-14(20)12-5-4-6-16-9-12/h7-8,11-13,16H,4-6,9-10H2,1-3H3,(H,18,20)/t12-,13?/m0/s1. The number of nitrogens with one attached hydrogen (secondary N) is 2. The number of hydrogen-bond donors (Lipinski definition) is 2. The van der Waals surface area contributed by atoms with Gasteiger partial charge in [0.25, 0.3) is 0 Å². The van der Waals surface area contributed by atoms with Gasteiger partial charge in [0.1, 0.15) is 0 Å². The number of rotatable bonds is 4. The van der Waals surface area contributed by atoms with E-state index in [1.54, 1.807) is 12.5 Å². The van der Waals surface area contributed by atoms with E-state index in [0.29, 0.717) is 0 Å². The van der Waals surface area contributed by atoms with Crippen molar-refractivity contribution in [2.24, 2.45) is 11.3 Å². The lowest BCUT2D eigenvalue weighted by Crippen LogP contribution is -2.50. The zero-order valence-electron chi connectivity index (χ0n) is 12.7. The molecule has 2 N–H and O–H groups in total. The third-order valence-electron chi connectivity index (χ3n) is 3.98. The van der Waals surface area contributed by atoms with Gasteiger partial charge in [-0.25, -0.2) is 4.98 Å². The van der Waals surface area contributed by atoms with Crippen LogP contribution < -0.4 is 10.6 Å². The summed E-state index contributed by atoms with van der Waals surface area (Å²) < 4.78 is 2.02. The molecule has 1 aromatic heterocycles. The fourth-order valence-corrected chi connectivity index (χ4v) is 2.51. The average Bonchev–Trinajstić information content (AvgIpc) is 2.91. The van der Waals surface area contributed by atoms with Crippen LogP contribution in [0.2, 0.25) is 0 Å². The Kier molecular flexibility index (Phi) is 4.81. The minimum atomic E-state index is 0.0159. The van der Waals surface area contributed by atoms with Crippen LogP contribution in [0.4, 0.5) is 0 Å². The van der Waals surface area contributed by atoms with Gasteiger partial charge in [0.05, 0.1) is 18.3 Å². The maximum absolute atomic E-state index is 12.4. The summed E-state index contributed by atoms with van der Waals surface area (Å²) in [6.45, 7) is 9.07. The van der Waals surface area contributed by atoms with Crippen molar-refractivity contribution in [2.75, 3.05) is 13.1 Å². The fourth-order valence-electron chi connectivity index (χ4n) is 2.51. The molecule has 1 amide bonds. The first kappa shape index (κ1) is 15.0. The molecule has 0 radical (unpaired) electrons. The van der Waals surface area contributed by atoms with Crippen LogP contribution in [-0.2, 0) is 11.3 Å². The molecule has 20 heavy (non-hydrogen) atoms. The number of nitrogens with zero attached hydrogens (tertiary/aromatic N) is 2. The maximum atomic E-state index is 12.4. The van der Waals surface area contributed by atoms with Crippen LogP contribution in [0.3, 0.4) is 0 Å². The molecule has 2 atom stereocenters. The van der Waals surface area contributed by atoms with Crippen molar-refractivity contribution in [2.45, 2.75) is 46.2 Å². The van der Waals surface area contributed by atoms with Crippen LogP contribution in [0.1, 0.15) is 33.6 Å². The predicted molar refractivity (Wildman–Crippen MR) is 79.2 cm³/mol. The largest absolute Gasteiger partial charge is 0.351 e. The van der Waals surface area contributed by atoms with Gasteiger partial charge in [-0.15, -0.1) is 0 Å². The van der Waals surface area contributed by atoms with Crippen LogP contribution in [0.15, 0.2) is 18.7 Å². The monoisotopic (exact) mass is 278 g/mol. The van der Waals surface area contributed by atoms with Crippen molar-refractivity contribution in [1.29, 1.82) is 0 Å². The van der Waals surface area contributed by atoms with Gasteiger partial charge < -0.3 is 15.2 Å². The van der Waals surface area contributed by atoms with E-state index in [9.17, 15) is 4.79 Å². The number of amides is 1. The molecule has 1 fully saturated rings. The summed E-state index contributed by atoms with van der Waals surface area (Å²) in [6, 6.07) is 0.103. The third kappa shape index (κ3) is 4.07. The molecule has 0 bridgehead atoms. The van der Waals surface area contributed by atoms with Crippen LogP contribution in [0.5, 0.6) is 0 Å². The Hall–Kier alpha value is -1.36. The van der Waals surface area contributed by atoms with Crippen molar-refractivity contribution in [3.05, 3.63) is 18.7 Å². The van der Waals surface area contributed by atoms with Crippen LogP contribution in [0, 0.1) is 11.3 Å². The number of aromatic nitrogens is 2. The highest BCUT2D eigenvalue weighted by Gasteiger charge is 2.29. The lowest BCUT2D eigenvalue weighted by molar-refractivity contribution is -0.127. The van der Waals surface area contributed by atoms with Crippen molar-refractivity contribution in [3.63, 3.8) is 0 Å². The summed E-state index contributed by atoms with van der Waals surface area (Å²) in [7, 11) is 0. The molecule has 1 aliphatic rings. The Morgan fingerprint density at radius 2 is 2.35 bits per heavy atom. The van der Waals surface area contributed by atoms with Crippen molar-refractivity contribution >= 4 is 5.91 Å². The van der Waals surface area contributed by atoms with E-state index in [0.717, 1.165) is 32.5 Å². The summed E-state index contributed by atoms with van der Waals surface area (Å²) in [6.07, 6.45) is 7.58. The molecule has 2 rings (SSSR count). The zero-order chi connectivity index (χ0) is 14.6. The minimum absolute atomic E-state index is 0.0159. The molecule has 0 saturated carbocycles. The number of carbonyl (C=O) groups is 1. The van der Waals surface area contributed by atoms with Gasteiger partial charge in [-0.05, 0) is 24.8 Å². The first-order valence-electron chi connectivity index (χ1n) is 7.43. The van der Waals surface area contributed by atoms with Gasteiger partial charge in [0.2, 0.25) is 5.91 Å². The fraction of sp³-hybridized carbons (Fsp3) is 0.733. The smallest absolute Gasteiger partial charge is 0.224 e. The highest BCUT2D eigenvalue weighted by Crippen LogP contribution is 2.22. The van der Waals surface area contributed by atoms with E-state index >= 15 is 0 Å². The molecule has 5 nitrogen and oxygen atoms in total. The SMILES string of the molecule is CC(C)(C)C(Cn1ccnc1)NC(=O)[C@H]1CCCNC1. The third-order valence-corrected chi connectivity index (χ3v) is 3.98. The summed E-state index contributed by atoms with van der Waals surface area (Å²) in [5.41, 5.74) is 0.0159. The van der Waals surface area contributed by atoms with Gasteiger partial charge in [-0.1, -0.05) is 20.8 Å². The Labute approximate surface area is 121 Å². The Morgan fingerprint density at radius 3 is 2.90 bits per heavy atom. The lowest BCUT2D eigenvalue weighted by Gasteiger charge is -2.33. The number of piperidine rings is 1. The second-order valence-electron chi connectivity index (χ2n) is 6.73. The van der Waals surface area contributed by atoms with Gasteiger partial charge in [-0.3, -0.25) is 4.79 Å². The van der Waals surface area contributed by atoms with Gasteiger partial charge >= 0.3 is 0 Å². The lowest BCUT2D eigenvalue weighted by atomic mass is 9.86. The first-order chi connectivity index (χ1) is 9.47. The summed E-state index contributed by atoms with van der Waals surface area (Å²) >= 11 is 0. The number of imidazole rings is 1. The second kappa shape index (κ2) is 6.39. The zero-order valence-corrected chi connectivity index (χ0v) is 12.7. The van der Waals surface area contributed by atoms with Crippen molar-refractivity contribution in [1.82, 2.24) is 20.2 Å². The first-order valence-corrected chi connectivity index (χ1v) is 7.43. The van der Waals surface area contributed by atoms with E-state index in [1.807, 2.05) is 10.8 Å². The Bertz CT molecular complexity index is 416. The van der Waals surface area contributed by atoms with Gasteiger partial charge in [0.15, 0.2) is 0 Å². The Morgan fingerprint density at radius 1 is 1.55 bits per heavy atom. The molecular weight excluding hydrogens is 252 g/mol. The van der Waals surface area contributed by atoms with Gasteiger partial charge in [0, 0.05) is 25.5 Å². The quantitative estimate of drug-likeness (QED) is 0.875. The van der Waals surface area contributed by atoms with E-state index in [2.05, 4.69) is 36.4 Å². The molecule has 1 saturated heterocycles. The molecule has 0 spiro atoms. The second-order valence-corrected chi connectivity index (χ2v) is 6.73. The molecule has 2 heterocycles. The molecule has 1 unspecified atom stereocenters. The molecule has 1 aromatic rings. The van der Waals surface area contributed by atoms with Crippen LogP contribution in [0.25, 0.3) is 0 Å². The van der Waals surface area contributed by atoms with E-state index in [1.165, 1.54) is 0 Å². The van der Waals surface area contributed by atoms with Crippen molar-refractivity contribution < 1.29 is 4.79 Å². The highest BCUT2D eigenvalue weighted by atomic mass is 16.2. The average molecular weight is 278 g/mol. The van der Waals surface area contributed by atoms with Crippen LogP contribution in [-0.4, -0.2) is 34.6 Å². The summed E-state index contributed by atoms with van der Waals surface area (Å²) in [4.78, 5) is 16.5. The molecular formula is C15H26N4O. The van der Waals surface area contributed by atoms with E-state index < -0.39 is 0 Å². The summed E-state index contributed by atoms with van der Waals surface area (Å²) in [5, 5.41) is 6.53. The minimum Gasteiger partial charge on any atom is -0.351 e. The molecule has 0 aliphatic carbocycles. The summed E-state index contributed by atoms with van der Waals surface area (Å²) in [5.74, 6) is 0.286. The van der Waals surface area contributed by atoms with E-state index in [-0.39, 0.29) is 23.3 Å². The number of carbonyl (C=O) groups excluding carboxylic acids is 1. The van der Waals surface area contributed by atoms with E-state index in [4.69, 9.17) is 0 Å². The number of hydrogen-bond acceptors (Lipinski definition) is 3. The highest BCUT2D eigenvalue weighted by molar-refractivity contribution is 5.79. The van der Waals surface area contributed by atoms with Crippen LogP contribution >= 0.6 is 0 Å². The Balaban J connectivity index is 1.98. The molecule has 112 valence electrons. The predicted octanol–water partition coefficient (Wildman–Crippen LogP) is 1.41.